The second-order valence-electron chi connectivity index (χ2n) is 7.90. The third-order valence-corrected chi connectivity index (χ3v) is 5.95. The molecule has 2 aromatic rings. The molecule has 4 nitrogen and oxygen atoms in total. The van der Waals surface area contributed by atoms with E-state index in [1.807, 2.05) is 18.2 Å². The number of rotatable bonds is 6. The van der Waals surface area contributed by atoms with Gasteiger partial charge in [0.2, 0.25) is 0 Å². The molecule has 2 aliphatic rings. The summed E-state index contributed by atoms with van der Waals surface area (Å²) in [6.07, 6.45) is 6.72. The minimum atomic E-state index is -0.245. The van der Waals surface area contributed by atoms with E-state index in [2.05, 4.69) is 68.2 Å². The maximum Gasteiger partial charge on any atom is 0.309 e. The average molecular weight is 416 g/mol. The number of carbonyl (C=O) groups is 1. The number of nitrogens with zero attached hydrogens (tertiary/aromatic N) is 1. The van der Waals surface area contributed by atoms with Gasteiger partial charge in [0.25, 0.3) is 0 Å². The third kappa shape index (κ3) is 4.02. The Bertz CT molecular complexity index is 1090. The van der Waals surface area contributed by atoms with Gasteiger partial charge in [-0.05, 0) is 49.1 Å². The van der Waals surface area contributed by atoms with E-state index in [1.165, 1.54) is 7.11 Å². The maximum atomic E-state index is 12.1. The number of hydrogen-bond acceptors (Lipinski definition) is 4. The number of anilines is 1. The van der Waals surface area contributed by atoms with Crippen LogP contribution in [-0.4, -0.2) is 26.2 Å². The fourth-order valence-corrected chi connectivity index (χ4v) is 4.30. The molecule has 1 aliphatic heterocycles. The highest BCUT2D eigenvalue weighted by molar-refractivity contribution is 5.93. The molecule has 1 atom stereocenters. The second kappa shape index (κ2) is 8.84. The van der Waals surface area contributed by atoms with Gasteiger partial charge in [-0.15, -0.1) is 0 Å². The van der Waals surface area contributed by atoms with Crippen LogP contribution in [0.5, 0.6) is 5.75 Å². The summed E-state index contributed by atoms with van der Waals surface area (Å²) in [7, 11) is 1.43. The first-order valence-electron chi connectivity index (χ1n) is 10.9. The van der Waals surface area contributed by atoms with Crippen LogP contribution in [0.4, 0.5) is 5.69 Å². The Morgan fingerprint density at radius 2 is 1.87 bits per heavy atom. The molecule has 0 fully saturated rings. The van der Waals surface area contributed by atoms with Gasteiger partial charge in [-0.3, -0.25) is 4.79 Å². The molecule has 31 heavy (non-hydrogen) atoms. The predicted molar refractivity (Wildman–Crippen MR) is 125 cm³/mol. The molecule has 1 aliphatic carbocycles. The first kappa shape index (κ1) is 21.0. The Morgan fingerprint density at radius 3 is 2.61 bits per heavy atom. The lowest BCUT2D eigenvalue weighted by Gasteiger charge is -2.30. The van der Waals surface area contributed by atoms with Crippen molar-refractivity contribution < 1.29 is 14.3 Å². The molecule has 0 N–H and O–H groups in total. The van der Waals surface area contributed by atoms with E-state index < -0.39 is 0 Å². The summed E-state index contributed by atoms with van der Waals surface area (Å²) < 4.78 is 11.4. The minimum absolute atomic E-state index is 0.232. The highest BCUT2D eigenvalue weighted by Crippen LogP contribution is 2.45. The molecular formula is C27H29NO3. The van der Waals surface area contributed by atoms with E-state index in [-0.39, 0.29) is 12.4 Å². The van der Waals surface area contributed by atoms with Crippen LogP contribution in [-0.2, 0) is 16.0 Å². The van der Waals surface area contributed by atoms with Crippen molar-refractivity contribution in [1.29, 1.82) is 0 Å². The molecule has 1 heterocycles. The lowest BCUT2D eigenvalue weighted by atomic mass is 9.84. The average Bonchev–Trinajstić information content (AvgIpc) is 2.78. The fraction of sp³-hybridized carbons (Fsp3) is 0.296. The van der Waals surface area contributed by atoms with Gasteiger partial charge in [0.05, 0.1) is 13.5 Å². The monoisotopic (exact) mass is 415 g/mol. The summed E-state index contributed by atoms with van der Waals surface area (Å²) in [6.45, 7) is 8.34. The van der Waals surface area contributed by atoms with Crippen molar-refractivity contribution in [3.8, 4) is 5.75 Å². The topological polar surface area (TPSA) is 38.8 Å². The third-order valence-electron chi connectivity index (χ3n) is 5.95. The molecule has 1 unspecified atom stereocenters. The van der Waals surface area contributed by atoms with Crippen LogP contribution in [0.25, 0.3) is 5.57 Å². The summed E-state index contributed by atoms with van der Waals surface area (Å²) in [4.78, 5) is 14.4. The number of fused-ring (bicyclic) bond motifs is 2. The van der Waals surface area contributed by atoms with Gasteiger partial charge >= 0.3 is 5.97 Å². The number of carbonyl (C=O) groups excluding carboxylic acids is 1. The van der Waals surface area contributed by atoms with Gasteiger partial charge in [-0.2, -0.15) is 0 Å². The maximum absolute atomic E-state index is 12.1. The van der Waals surface area contributed by atoms with E-state index in [4.69, 9.17) is 9.47 Å². The van der Waals surface area contributed by atoms with Crippen molar-refractivity contribution in [3.05, 3.63) is 88.7 Å². The number of allylic oxidation sites excluding steroid dienone is 3. The summed E-state index contributed by atoms with van der Waals surface area (Å²) in [5, 5.41) is 0. The molecule has 2 aromatic carbocycles. The highest BCUT2D eigenvalue weighted by Gasteiger charge is 2.28. The van der Waals surface area contributed by atoms with E-state index in [1.54, 1.807) is 0 Å². The van der Waals surface area contributed by atoms with Gasteiger partial charge in [0, 0.05) is 41.6 Å². The molecule has 4 rings (SSSR count). The van der Waals surface area contributed by atoms with Crippen LogP contribution in [0.2, 0.25) is 0 Å². The molecule has 4 heteroatoms. The molecule has 160 valence electrons. The van der Waals surface area contributed by atoms with Crippen molar-refractivity contribution in [2.45, 2.75) is 27.2 Å². The Morgan fingerprint density at radius 1 is 1.10 bits per heavy atom. The molecule has 0 spiro atoms. The molecule has 0 saturated carbocycles. The fourth-order valence-electron chi connectivity index (χ4n) is 4.30. The van der Waals surface area contributed by atoms with Crippen LogP contribution < -0.4 is 9.64 Å². The molecule has 0 radical (unpaired) electrons. The Hall–Kier alpha value is -3.27. The number of hydrogen-bond donors (Lipinski definition) is 0. The SMILES string of the molecule is CCN(CC)c1ccc2c(c1)OC1=CC(C)C=CC1=C2c1ccccc1CC(=O)OC. The van der Waals surface area contributed by atoms with Crippen LogP contribution in [0, 0.1) is 5.92 Å². The Labute approximate surface area is 184 Å². The van der Waals surface area contributed by atoms with E-state index in [9.17, 15) is 4.79 Å². The number of ether oxygens (including phenoxy) is 2. The quantitative estimate of drug-likeness (QED) is 0.581. The summed E-state index contributed by atoms with van der Waals surface area (Å²) in [5.74, 6) is 1.79. The van der Waals surface area contributed by atoms with Gasteiger partial charge in [-0.1, -0.05) is 43.3 Å². The van der Waals surface area contributed by atoms with Crippen LogP contribution in [0.1, 0.15) is 37.5 Å². The summed E-state index contributed by atoms with van der Waals surface area (Å²) >= 11 is 0. The zero-order chi connectivity index (χ0) is 22.0. The van der Waals surface area contributed by atoms with Crippen molar-refractivity contribution in [3.63, 3.8) is 0 Å². The number of methoxy groups -OCH3 is 1. The summed E-state index contributed by atoms with van der Waals surface area (Å²) in [5.41, 5.74) is 6.32. The van der Waals surface area contributed by atoms with E-state index >= 15 is 0 Å². The van der Waals surface area contributed by atoms with E-state index in [0.29, 0.717) is 5.92 Å². The van der Waals surface area contributed by atoms with Gasteiger partial charge < -0.3 is 14.4 Å². The van der Waals surface area contributed by atoms with Crippen molar-refractivity contribution in [2.24, 2.45) is 5.92 Å². The Balaban J connectivity index is 1.92. The lowest BCUT2D eigenvalue weighted by molar-refractivity contribution is -0.139. The normalized spacial score (nSPS) is 16.8. The van der Waals surface area contributed by atoms with Crippen molar-refractivity contribution in [2.75, 3.05) is 25.1 Å². The molecule has 0 bridgehead atoms. The molecule has 0 aromatic heterocycles. The van der Waals surface area contributed by atoms with Crippen LogP contribution in [0.3, 0.4) is 0 Å². The second-order valence-corrected chi connectivity index (χ2v) is 7.90. The van der Waals surface area contributed by atoms with Gasteiger partial charge in [-0.25, -0.2) is 0 Å². The number of benzene rings is 2. The first-order valence-corrected chi connectivity index (χ1v) is 10.9. The minimum Gasteiger partial charge on any atom is -0.469 e. The zero-order valence-corrected chi connectivity index (χ0v) is 18.6. The molecule has 0 amide bonds. The van der Waals surface area contributed by atoms with Gasteiger partial charge in [0.1, 0.15) is 11.5 Å². The predicted octanol–water partition coefficient (Wildman–Crippen LogP) is 5.53. The highest BCUT2D eigenvalue weighted by atomic mass is 16.5. The lowest BCUT2D eigenvalue weighted by Crippen LogP contribution is -2.22. The molecule has 0 saturated heterocycles. The van der Waals surface area contributed by atoms with Crippen molar-refractivity contribution in [1.82, 2.24) is 0 Å². The Kier molecular flexibility index (Phi) is 5.99. The summed E-state index contributed by atoms with van der Waals surface area (Å²) in [6, 6.07) is 14.5. The smallest absolute Gasteiger partial charge is 0.309 e. The van der Waals surface area contributed by atoms with E-state index in [0.717, 1.165) is 58.1 Å². The zero-order valence-electron chi connectivity index (χ0n) is 18.6. The van der Waals surface area contributed by atoms with Gasteiger partial charge in [0.15, 0.2) is 0 Å². The largest absolute Gasteiger partial charge is 0.469 e. The van der Waals surface area contributed by atoms with Crippen molar-refractivity contribution >= 4 is 17.2 Å². The van der Waals surface area contributed by atoms with Crippen LogP contribution >= 0.6 is 0 Å². The standard InChI is InChI=1S/C27H29NO3/c1-5-28(6-2)20-12-14-23-25(17-20)31-24-15-18(3)11-13-22(24)27(23)21-10-8-7-9-19(21)16-26(29)30-4/h7-15,17-18H,5-6,16H2,1-4H3. The molecular weight excluding hydrogens is 386 g/mol. The first-order chi connectivity index (χ1) is 15.0. The van der Waals surface area contributed by atoms with Crippen LogP contribution in [0.15, 0.2) is 72.0 Å². The number of esters is 1.